The number of benzene rings is 1. The largest absolute Gasteiger partial charge is 0.478 e. The summed E-state index contributed by atoms with van der Waals surface area (Å²) in [6.07, 6.45) is 5.70. The molecule has 0 aliphatic carbocycles. The van der Waals surface area contributed by atoms with Crippen LogP contribution in [0, 0.1) is 5.92 Å². The van der Waals surface area contributed by atoms with Gasteiger partial charge in [0, 0.05) is 38.9 Å². The van der Waals surface area contributed by atoms with Gasteiger partial charge in [-0.3, -0.25) is 4.98 Å². The first-order chi connectivity index (χ1) is 13.3. The lowest BCUT2D eigenvalue weighted by molar-refractivity contribution is 0.0697. The molecule has 28 heavy (non-hydrogen) atoms. The van der Waals surface area contributed by atoms with E-state index in [1.54, 1.807) is 50.8 Å². The van der Waals surface area contributed by atoms with Crippen LogP contribution in [0.2, 0.25) is 0 Å². The Bertz CT molecular complexity index is 937. The molecule has 1 aliphatic heterocycles. The van der Waals surface area contributed by atoms with Gasteiger partial charge in [-0.25, -0.2) is 9.78 Å². The molecule has 2 aromatic rings. The monoisotopic (exact) mass is 404 g/mol. The topological polar surface area (TPSA) is 104 Å². The number of hydrogen-bond donors (Lipinski definition) is 1. The van der Waals surface area contributed by atoms with E-state index < -0.39 is 16.2 Å². The van der Waals surface area contributed by atoms with Crippen molar-refractivity contribution < 1.29 is 18.3 Å². The number of carboxylic acid groups (broad SMARTS) is 1. The van der Waals surface area contributed by atoms with Crippen molar-refractivity contribution >= 4 is 16.2 Å². The molecule has 9 heteroatoms. The zero-order chi connectivity index (χ0) is 20.3. The average molecular weight is 404 g/mol. The van der Waals surface area contributed by atoms with Crippen LogP contribution in [0.3, 0.4) is 0 Å². The van der Waals surface area contributed by atoms with E-state index in [1.807, 2.05) is 0 Å². The number of rotatable bonds is 6. The Morgan fingerprint density at radius 1 is 1.18 bits per heavy atom. The molecule has 0 atom stereocenters. The van der Waals surface area contributed by atoms with E-state index in [0.29, 0.717) is 24.7 Å². The molecule has 0 bridgehead atoms. The van der Waals surface area contributed by atoms with Crippen LogP contribution >= 0.6 is 0 Å². The molecule has 1 aromatic carbocycles. The van der Waals surface area contributed by atoms with Crippen LogP contribution < -0.4 is 0 Å². The van der Waals surface area contributed by atoms with Gasteiger partial charge in [0.05, 0.1) is 23.1 Å². The SMILES string of the molecule is CN(C)S(=O)(=O)N1CCC(Cc2cncc(-c3ccc(C(=O)O)cc3)n2)CC1. The molecule has 3 rings (SSSR count). The predicted octanol–water partition coefficient (Wildman–Crippen LogP) is 1.90. The fraction of sp³-hybridized carbons (Fsp3) is 0.421. The van der Waals surface area contributed by atoms with Crippen molar-refractivity contribution in [2.24, 2.45) is 5.92 Å². The van der Waals surface area contributed by atoms with Crippen LogP contribution in [0.25, 0.3) is 11.3 Å². The first kappa shape index (κ1) is 20.4. The van der Waals surface area contributed by atoms with E-state index in [9.17, 15) is 13.2 Å². The molecule has 1 N–H and O–H groups in total. The maximum atomic E-state index is 12.2. The third-order valence-electron chi connectivity index (χ3n) is 4.97. The predicted molar refractivity (Wildman–Crippen MR) is 105 cm³/mol. The van der Waals surface area contributed by atoms with Crippen molar-refractivity contribution in [2.45, 2.75) is 19.3 Å². The molecular formula is C19H24N4O4S. The number of aromatic carboxylic acids is 1. The van der Waals surface area contributed by atoms with Crippen LogP contribution in [-0.4, -0.2) is 65.3 Å². The number of carboxylic acids is 1. The molecule has 150 valence electrons. The summed E-state index contributed by atoms with van der Waals surface area (Å²) in [5.74, 6) is -0.610. The number of nitrogens with zero attached hydrogens (tertiary/aromatic N) is 4. The zero-order valence-corrected chi connectivity index (χ0v) is 16.8. The normalized spacial score (nSPS) is 16.4. The minimum Gasteiger partial charge on any atom is -0.478 e. The highest BCUT2D eigenvalue weighted by atomic mass is 32.2. The summed E-state index contributed by atoms with van der Waals surface area (Å²) in [6.45, 7) is 1.02. The molecule has 1 aliphatic rings. The van der Waals surface area contributed by atoms with Crippen molar-refractivity contribution in [1.82, 2.24) is 18.6 Å². The summed E-state index contributed by atoms with van der Waals surface area (Å²) < 4.78 is 27.2. The second kappa shape index (κ2) is 8.34. The van der Waals surface area contributed by atoms with E-state index in [1.165, 1.54) is 8.61 Å². The van der Waals surface area contributed by atoms with Gasteiger partial charge in [0.15, 0.2) is 0 Å². The van der Waals surface area contributed by atoms with Gasteiger partial charge in [0.2, 0.25) is 0 Å². The molecule has 2 heterocycles. The first-order valence-electron chi connectivity index (χ1n) is 9.09. The molecule has 0 radical (unpaired) electrons. The van der Waals surface area contributed by atoms with E-state index >= 15 is 0 Å². The minimum absolute atomic E-state index is 0.229. The standard InChI is InChI=1S/C19H24N4O4S/c1-22(2)28(26,27)23-9-7-14(8-10-23)11-17-12-20-13-18(21-17)15-3-5-16(6-4-15)19(24)25/h3-6,12-14H,7-11H2,1-2H3,(H,24,25). The molecule has 1 aromatic heterocycles. The Morgan fingerprint density at radius 3 is 2.39 bits per heavy atom. The lowest BCUT2D eigenvalue weighted by Gasteiger charge is -2.32. The van der Waals surface area contributed by atoms with Crippen molar-refractivity contribution in [3.63, 3.8) is 0 Å². The highest BCUT2D eigenvalue weighted by molar-refractivity contribution is 7.86. The number of hydrogen-bond acceptors (Lipinski definition) is 5. The van der Waals surface area contributed by atoms with Gasteiger partial charge in [-0.2, -0.15) is 17.0 Å². The van der Waals surface area contributed by atoms with Crippen molar-refractivity contribution in [2.75, 3.05) is 27.2 Å². The molecule has 0 saturated carbocycles. The maximum absolute atomic E-state index is 12.2. The summed E-state index contributed by atoms with van der Waals surface area (Å²) in [7, 11) is -0.258. The Balaban J connectivity index is 1.65. The van der Waals surface area contributed by atoms with Gasteiger partial charge in [-0.1, -0.05) is 12.1 Å². The van der Waals surface area contributed by atoms with E-state index in [4.69, 9.17) is 5.11 Å². The lowest BCUT2D eigenvalue weighted by atomic mass is 9.93. The highest BCUT2D eigenvalue weighted by Gasteiger charge is 2.29. The van der Waals surface area contributed by atoms with E-state index in [0.717, 1.165) is 30.5 Å². The van der Waals surface area contributed by atoms with E-state index in [2.05, 4.69) is 9.97 Å². The third-order valence-corrected chi connectivity index (χ3v) is 6.91. The van der Waals surface area contributed by atoms with E-state index in [-0.39, 0.29) is 5.56 Å². The quantitative estimate of drug-likeness (QED) is 0.789. The third kappa shape index (κ3) is 4.54. The van der Waals surface area contributed by atoms with Gasteiger partial charge in [0.1, 0.15) is 0 Å². The molecule has 1 fully saturated rings. The summed E-state index contributed by atoms with van der Waals surface area (Å²) in [4.78, 5) is 19.9. The molecule has 8 nitrogen and oxygen atoms in total. The van der Waals surface area contributed by atoms with Gasteiger partial charge in [0.25, 0.3) is 10.2 Å². The fourth-order valence-corrected chi connectivity index (χ4v) is 4.43. The van der Waals surface area contributed by atoms with Crippen LogP contribution in [-0.2, 0) is 16.6 Å². The van der Waals surface area contributed by atoms with Crippen molar-refractivity contribution in [3.05, 3.63) is 47.9 Å². The second-order valence-corrected chi connectivity index (χ2v) is 9.26. The number of piperidine rings is 1. The summed E-state index contributed by atoms with van der Waals surface area (Å²) >= 11 is 0. The average Bonchev–Trinajstić information content (AvgIpc) is 2.68. The number of carbonyl (C=O) groups is 1. The van der Waals surface area contributed by atoms with Crippen LogP contribution in [0.1, 0.15) is 28.9 Å². The highest BCUT2D eigenvalue weighted by Crippen LogP contribution is 2.24. The van der Waals surface area contributed by atoms with Gasteiger partial charge in [-0.05, 0) is 37.3 Å². The van der Waals surface area contributed by atoms with Crippen molar-refractivity contribution in [1.29, 1.82) is 0 Å². The molecule has 0 amide bonds. The fourth-order valence-electron chi connectivity index (χ4n) is 3.30. The lowest BCUT2D eigenvalue weighted by Crippen LogP contribution is -2.44. The van der Waals surface area contributed by atoms with Gasteiger partial charge >= 0.3 is 5.97 Å². The van der Waals surface area contributed by atoms with Crippen molar-refractivity contribution in [3.8, 4) is 11.3 Å². The summed E-state index contributed by atoms with van der Waals surface area (Å²) in [5.41, 5.74) is 2.59. The van der Waals surface area contributed by atoms with Gasteiger partial charge < -0.3 is 5.11 Å². The van der Waals surface area contributed by atoms with Gasteiger partial charge in [-0.15, -0.1) is 0 Å². The molecule has 0 spiro atoms. The Hall–Kier alpha value is -2.36. The first-order valence-corrected chi connectivity index (χ1v) is 10.5. The molecule has 1 saturated heterocycles. The van der Waals surface area contributed by atoms with Crippen LogP contribution in [0.5, 0.6) is 0 Å². The minimum atomic E-state index is -3.35. The second-order valence-electron chi connectivity index (χ2n) is 7.11. The Kier molecular flexibility index (Phi) is 6.07. The zero-order valence-electron chi connectivity index (χ0n) is 15.9. The molecular weight excluding hydrogens is 380 g/mol. The summed E-state index contributed by atoms with van der Waals surface area (Å²) in [5, 5.41) is 9.00. The number of aromatic nitrogens is 2. The summed E-state index contributed by atoms with van der Waals surface area (Å²) in [6, 6.07) is 6.55. The Morgan fingerprint density at radius 2 is 1.82 bits per heavy atom. The van der Waals surface area contributed by atoms with Crippen LogP contribution in [0.15, 0.2) is 36.7 Å². The Labute approximate surface area is 165 Å². The maximum Gasteiger partial charge on any atom is 0.335 e. The molecule has 0 unspecified atom stereocenters. The van der Waals surface area contributed by atoms with Crippen LogP contribution in [0.4, 0.5) is 0 Å². The smallest absolute Gasteiger partial charge is 0.335 e.